The standard InChI is InChI=1S/C20H42N2O2/c1-3-21(11-7-5-8-12-21)15-17-23-19-20-24-18-16-22(4-2)13-9-6-10-14-22/h3-20H2,1-2H3/q+2. The Balaban J connectivity index is 1.49. The summed E-state index contributed by atoms with van der Waals surface area (Å²) in [6.07, 6.45) is 8.43. The van der Waals surface area contributed by atoms with E-state index in [-0.39, 0.29) is 0 Å². The maximum Gasteiger partial charge on any atom is 0.102 e. The lowest BCUT2D eigenvalue weighted by atomic mass is 10.1. The zero-order valence-electron chi connectivity index (χ0n) is 16.4. The van der Waals surface area contributed by atoms with Crippen LogP contribution in [0, 0.1) is 0 Å². The molecule has 0 aromatic heterocycles. The third-order valence-electron chi connectivity index (χ3n) is 6.66. The Labute approximate surface area is 150 Å². The Hall–Kier alpha value is -0.160. The predicted octanol–water partition coefficient (Wildman–Crippen LogP) is 3.06. The Morgan fingerprint density at radius 3 is 1.25 bits per heavy atom. The van der Waals surface area contributed by atoms with Crippen molar-refractivity contribution < 1.29 is 18.4 Å². The molecule has 2 fully saturated rings. The fourth-order valence-electron chi connectivity index (χ4n) is 4.60. The molecule has 4 nitrogen and oxygen atoms in total. The van der Waals surface area contributed by atoms with Crippen molar-refractivity contribution in [3.05, 3.63) is 0 Å². The molecule has 0 atom stereocenters. The summed E-state index contributed by atoms with van der Waals surface area (Å²) >= 11 is 0. The first-order valence-electron chi connectivity index (χ1n) is 10.6. The number of quaternary nitrogens is 2. The average molecular weight is 343 g/mol. The highest BCUT2D eigenvalue weighted by Gasteiger charge is 2.28. The number of likely N-dealkylation sites (N-methyl/N-ethyl adjacent to an activating group) is 2. The lowest BCUT2D eigenvalue weighted by Crippen LogP contribution is -2.53. The minimum Gasteiger partial charge on any atom is -0.373 e. The zero-order valence-corrected chi connectivity index (χ0v) is 16.4. The van der Waals surface area contributed by atoms with E-state index in [1.807, 2.05) is 0 Å². The van der Waals surface area contributed by atoms with E-state index in [0.29, 0.717) is 0 Å². The fourth-order valence-corrected chi connectivity index (χ4v) is 4.60. The van der Waals surface area contributed by atoms with E-state index in [4.69, 9.17) is 9.47 Å². The van der Waals surface area contributed by atoms with Gasteiger partial charge in [0.05, 0.1) is 65.7 Å². The van der Waals surface area contributed by atoms with Crippen molar-refractivity contribution in [2.24, 2.45) is 0 Å². The topological polar surface area (TPSA) is 18.5 Å². The minimum atomic E-state index is 0.760. The maximum absolute atomic E-state index is 5.86. The van der Waals surface area contributed by atoms with Gasteiger partial charge in [-0.15, -0.1) is 0 Å². The highest BCUT2D eigenvalue weighted by molar-refractivity contribution is 4.54. The van der Waals surface area contributed by atoms with Gasteiger partial charge in [0.2, 0.25) is 0 Å². The summed E-state index contributed by atoms with van der Waals surface area (Å²) in [7, 11) is 0. The number of nitrogens with zero attached hydrogens (tertiary/aromatic N) is 2. The summed E-state index contributed by atoms with van der Waals surface area (Å²) in [6.45, 7) is 18.3. The van der Waals surface area contributed by atoms with Crippen LogP contribution in [0.2, 0.25) is 0 Å². The molecule has 0 aliphatic carbocycles. The van der Waals surface area contributed by atoms with E-state index in [9.17, 15) is 0 Å². The van der Waals surface area contributed by atoms with Gasteiger partial charge in [0.1, 0.15) is 13.1 Å². The van der Waals surface area contributed by atoms with Crippen molar-refractivity contribution >= 4 is 0 Å². The number of rotatable bonds is 11. The third-order valence-corrected chi connectivity index (χ3v) is 6.66. The van der Waals surface area contributed by atoms with Gasteiger partial charge in [-0.05, 0) is 52.4 Å². The summed E-state index contributed by atoms with van der Waals surface area (Å²) in [4.78, 5) is 0. The lowest BCUT2D eigenvalue weighted by molar-refractivity contribution is -0.931. The molecule has 2 saturated heterocycles. The van der Waals surface area contributed by atoms with E-state index in [0.717, 1.165) is 26.4 Å². The SMILES string of the molecule is CC[N+]1(CCOCCOCC[N+]2(CC)CCCCC2)CCCCC1. The van der Waals surface area contributed by atoms with Crippen molar-refractivity contribution in [3.8, 4) is 0 Å². The van der Waals surface area contributed by atoms with Gasteiger partial charge in [-0.2, -0.15) is 0 Å². The predicted molar refractivity (Wildman–Crippen MR) is 100 cm³/mol. The number of piperidine rings is 2. The van der Waals surface area contributed by atoms with Crippen molar-refractivity contribution in [2.75, 3.05) is 78.8 Å². The maximum atomic E-state index is 5.86. The first kappa shape index (κ1) is 20.2. The second-order valence-corrected chi connectivity index (χ2v) is 8.00. The third kappa shape index (κ3) is 6.29. The van der Waals surface area contributed by atoms with Crippen LogP contribution >= 0.6 is 0 Å². The van der Waals surface area contributed by atoms with Crippen LogP contribution in [0.4, 0.5) is 0 Å². The molecule has 2 rings (SSSR count). The highest BCUT2D eigenvalue weighted by atomic mass is 16.5. The zero-order chi connectivity index (χ0) is 17.1. The molecule has 2 heterocycles. The molecule has 2 aliphatic rings. The van der Waals surface area contributed by atoms with E-state index < -0.39 is 0 Å². The molecule has 0 amide bonds. The van der Waals surface area contributed by atoms with E-state index in [1.54, 1.807) is 0 Å². The molecule has 0 radical (unpaired) electrons. The van der Waals surface area contributed by atoms with Crippen LogP contribution in [0.15, 0.2) is 0 Å². The second kappa shape index (κ2) is 10.7. The minimum absolute atomic E-state index is 0.760. The number of hydrogen-bond acceptors (Lipinski definition) is 2. The van der Waals surface area contributed by atoms with Gasteiger partial charge < -0.3 is 18.4 Å². The van der Waals surface area contributed by atoms with Gasteiger partial charge in [0.15, 0.2) is 0 Å². The normalized spacial score (nSPS) is 23.2. The Bertz CT molecular complexity index is 292. The fraction of sp³-hybridized carbons (Fsp3) is 1.00. The van der Waals surface area contributed by atoms with Gasteiger partial charge in [0, 0.05) is 0 Å². The monoisotopic (exact) mass is 342 g/mol. The molecular weight excluding hydrogens is 300 g/mol. The summed E-state index contributed by atoms with van der Waals surface area (Å²) < 4.78 is 14.3. The van der Waals surface area contributed by atoms with Crippen LogP contribution in [-0.2, 0) is 9.47 Å². The lowest BCUT2D eigenvalue weighted by Gasteiger charge is -2.41. The van der Waals surface area contributed by atoms with Gasteiger partial charge in [-0.3, -0.25) is 0 Å². The molecule has 0 aromatic rings. The quantitative estimate of drug-likeness (QED) is 0.424. The first-order valence-corrected chi connectivity index (χ1v) is 10.6. The molecule has 0 unspecified atom stereocenters. The molecule has 0 spiro atoms. The largest absolute Gasteiger partial charge is 0.373 e. The number of hydrogen-bond donors (Lipinski definition) is 0. The Morgan fingerprint density at radius 1 is 0.542 bits per heavy atom. The molecule has 0 saturated carbocycles. The van der Waals surface area contributed by atoms with Crippen molar-refractivity contribution in [2.45, 2.75) is 52.4 Å². The molecule has 142 valence electrons. The smallest absolute Gasteiger partial charge is 0.102 e. The van der Waals surface area contributed by atoms with Gasteiger partial charge in [0.25, 0.3) is 0 Å². The molecule has 0 aromatic carbocycles. The van der Waals surface area contributed by atoms with E-state index >= 15 is 0 Å². The van der Waals surface area contributed by atoms with E-state index in [2.05, 4.69) is 13.8 Å². The van der Waals surface area contributed by atoms with Gasteiger partial charge in [-0.25, -0.2) is 0 Å². The van der Waals surface area contributed by atoms with Crippen molar-refractivity contribution in [3.63, 3.8) is 0 Å². The molecule has 4 heteroatoms. The summed E-state index contributed by atoms with van der Waals surface area (Å²) in [5.74, 6) is 0. The average Bonchev–Trinajstić information content (AvgIpc) is 2.65. The van der Waals surface area contributed by atoms with Crippen LogP contribution in [0.1, 0.15) is 52.4 Å². The second-order valence-electron chi connectivity index (χ2n) is 8.00. The van der Waals surface area contributed by atoms with E-state index in [1.165, 1.54) is 99.8 Å². The van der Waals surface area contributed by atoms with Crippen molar-refractivity contribution in [1.29, 1.82) is 0 Å². The highest BCUT2D eigenvalue weighted by Crippen LogP contribution is 2.19. The van der Waals surface area contributed by atoms with Gasteiger partial charge in [-0.1, -0.05) is 0 Å². The summed E-state index contributed by atoms with van der Waals surface area (Å²) in [6, 6.07) is 0. The summed E-state index contributed by atoms with van der Waals surface area (Å²) in [5.41, 5.74) is 0. The van der Waals surface area contributed by atoms with Crippen LogP contribution < -0.4 is 0 Å². The van der Waals surface area contributed by atoms with Crippen LogP contribution in [-0.4, -0.2) is 87.8 Å². The first-order chi connectivity index (χ1) is 11.7. The molecule has 2 aliphatic heterocycles. The molecule has 0 bridgehead atoms. The Morgan fingerprint density at radius 2 is 0.917 bits per heavy atom. The van der Waals surface area contributed by atoms with Crippen molar-refractivity contribution in [1.82, 2.24) is 0 Å². The molecule has 0 N–H and O–H groups in total. The number of likely N-dealkylation sites (tertiary alicyclic amines) is 2. The molecule has 24 heavy (non-hydrogen) atoms. The summed E-state index contributed by atoms with van der Waals surface area (Å²) in [5, 5.41) is 0. The number of ether oxygens (including phenoxy) is 2. The van der Waals surface area contributed by atoms with Crippen LogP contribution in [0.3, 0.4) is 0 Å². The van der Waals surface area contributed by atoms with Crippen LogP contribution in [0.5, 0.6) is 0 Å². The van der Waals surface area contributed by atoms with Gasteiger partial charge >= 0.3 is 0 Å². The molecular formula is C20H42N2O2+2. The van der Waals surface area contributed by atoms with Crippen LogP contribution in [0.25, 0.3) is 0 Å². The Kier molecular flexibility index (Phi) is 9.02.